The van der Waals surface area contributed by atoms with Crippen LogP contribution >= 0.6 is 0 Å². The van der Waals surface area contributed by atoms with Crippen LogP contribution in [-0.2, 0) is 8.23 Å². The summed E-state index contributed by atoms with van der Waals surface area (Å²) in [5.74, 6) is 0. The lowest BCUT2D eigenvalue weighted by Gasteiger charge is -2.42. The molecule has 0 amide bonds. The maximum atomic E-state index is 7.40. The van der Waals surface area contributed by atoms with E-state index in [9.17, 15) is 0 Å². The molecule has 2 aromatic rings. The highest BCUT2D eigenvalue weighted by Gasteiger charge is 2.49. The lowest BCUT2D eigenvalue weighted by Crippen LogP contribution is -2.70. The summed E-state index contributed by atoms with van der Waals surface area (Å²) in [5, 5.41) is 2.39. The minimum atomic E-state index is -2.95. The maximum absolute atomic E-state index is 7.40. The minimum Gasteiger partial charge on any atom is -0.426 e. The summed E-state index contributed by atoms with van der Waals surface area (Å²) in [7, 11) is -8.64. The summed E-state index contributed by atoms with van der Waals surface area (Å²) in [4.78, 5) is 0. The summed E-state index contributed by atoms with van der Waals surface area (Å²) in [6.45, 7) is 18.4. The van der Waals surface area contributed by atoms with Gasteiger partial charge in [0.05, 0.1) is 8.07 Å². The van der Waals surface area contributed by atoms with E-state index in [2.05, 4.69) is 138 Å². The van der Waals surface area contributed by atoms with Crippen molar-refractivity contribution >= 4 is 43.6 Å². The molecule has 2 rings (SSSR count). The Hall–Kier alpha value is -1.29. The van der Waals surface area contributed by atoms with Crippen LogP contribution in [0.4, 0.5) is 0 Å². The molecule has 2 aromatic carbocycles. The van der Waals surface area contributed by atoms with E-state index in [0.717, 1.165) is 0 Å². The largest absolute Gasteiger partial charge is 0.426 e. The average molecular weight is 513 g/mol. The van der Waals surface area contributed by atoms with Crippen molar-refractivity contribution in [2.75, 3.05) is 0 Å². The molecule has 0 atom stereocenters. The van der Waals surface area contributed by atoms with Gasteiger partial charge in [-0.2, -0.15) is 0 Å². The molecule has 33 heavy (non-hydrogen) atoms. The van der Waals surface area contributed by atoms with Crippen molar-refractivity contribution in [3.8, 4) is 0 Å². The van der Waals surface area contributed by atoms with Gasteiger partial charge in [-0.15, -0.1) is 0 Å². The van der Waals surface area contributed by atoms with E-state index in [-0.39, 0.29) is 0 Å². The van der Waals surface area contributed by atoms with Crippen LogP contribution in [0.1, 0.15) is 27.7 Å². The zero-order valence-corrected chi connectivity index (χ0v) is 26.0. The Bertz CT molecular complexity index is 856. The van der Waals surface area contributed by atoms with Crippen LogP contribution < -0.4 is 10.4 Å². The Morgan fingerprint density at radius 2 is 1.00 bits per heavy atom. The molecule has 0 unspecified atom stereocenters. The molecule has 0 heterocycles. The van der Waals surface area contributed by atoms with Crippen LogP contribution in [0.25, 0.3) is 0 Å². The van der Waals surface area contributed by atoms with Crippen molar-refractivity contribution in [3.05, 3.63) is 83.8 Å². The minimum absolute atomic E-state index is 1.19. The summed E-state index contributed by atoms with van der Waals surface area (Å²) in [5.41, 5.74) is 7.36. The van der Waals surface area contributed by atoms with Crippen LogP contribution in [-0.4, -0.2) is 33.3 Å². The molecule has 6 heteroatoms. The van der Waals surface area contributed by atoms with Gasteiger partial charge >= 0.3 is 8.56 Å². The first kappa shape index (κ1) is 27.9. The van der Waals surface area contributed by atoms with Gasteiger partial charge in [0.15, 0.2) is 8.32 Å². The van der Waals surface area contributed by atoms with Crippen LogP contribution in [0.15, 0.2) is 83.8 Å². The highest BCUT2D eigenvalue weighted by atomic mass is 28.5. The lowest BCUT2D eigenvalue weighted by molar-refractivity contribution is 0.418. The quantitative estimate of drug-likeness (QED) is 0.287. The molecule has 0 radical (unpaired) electrons. The van der Waals surface area contributed by atoms with Crippen LogP contribution in [0, 0.1) is 0 Å². The van der Waals surface area contributed by atoms with Crippen molar-refractivity contribution in [3.63, 3.8) is 0 Å². The first-order chi connectivity index (χ1) is 15.6. The molecule has 0 saturated heterocycles. The Morgan fingerprint density at radius 3 is 1.36 bits per heavy atom. The van der Waals surface area contributed by atoms with Crippen molar-refractivity contribution in [2.24, 2.45) is 0 Å². The number of hydrogen-bond acceptors (Lipinski definition) is 2. The van der Waals surface area contributed by atoms with Crippen LogP contribution in [0.5, 0.6) is 0 Å². The molecule has 0 aromatic heterocycles. The number of hydrogen-bond donors (Lipinski definition) is 0. The first-order valence-electron chi connectivity index (χ1n) is 12.4. The Labute approximate surface area is 207 Å². The molecular formula is C27H44O2Si4. The molecule has 0 aliphatic carbocycles. The van der Waals surface area contributed by atoms with Crippen molar-refractivity contribution in [2.45, 2.75) is 72.0 Å². The Morgan fingerprint density at radius 1 is 0.606 bits per heavy atom. The Kier molecular flexibility index (Phi) is 10.1. The fraction of sp³-hybridized carbons (Fsp3) is 0.407. The van der Waals surface area contributed by atoms with Gasteiger partial charge in [-0.25, -0.2) is 0 Å². The van der Waals surface area contributed by atoms with Gasteiger partial charge in [-0.05, 0) is 43.5 Å². The third-order valence-electron chi connectivity index (χ3n) is 6.64. The predicted molar refractivity (Wildman–Crippen MR) is 156 cm³/mol. The molecule has 180 valence electrons. The van der Waals surface area contributed by atoms with E-state index >= 15 is 0 Å². The van der Waals surface area contributed by atoms with Gasteiger partial charge in [0.25, 0.3) is 0 Å². The van der Waals surface area contributed by atoms with E-state index in [1.54, 1.807) is 0 Å². The van der Waals surface area contributed by atoms with Crippen LogP contribution in [0.2, 0.25) is 44.3 Å². The van der Waals surface area contributed by atoms with E-state index in [4.69, 9.17) is 8.23 Å². The fourth-order valence-electron chi connectivity index (χ4n) is 4.43. The van der Waals surface area contributed by atoms with E-state index in [0.29, 0.717) is 0 Å². The van der Waals surface area contributed by atoms with Crippen molar-refractivity contribution < 1.29 is 8.23 Å². The molecule has 0 bridgehead atoms. The van der Waals surface area contributed by atoms with Gasteiger partial charge in [-0.3, -0.25) is 0 Å². The summed E-state index contributed by atoms with van der Waals surface area (Å²) < 4.78 is 14.7. The highest BCUT2D eigenvalue weighted by Crippen LogP contribution is 2.26. The topological polar surface area (TPSA) is 18.5 Å². The SMILES string of the molecule is CC=C[Si](C)(C)O[Si](O[Si](C)(C)C=C[Si](CC)(CC)CC)(c1ccccc1)c1ccccc1. The maximum Gasteiger partial charge on any atom is 0.386 e. The zero-order chi connectivity index (χ0) is 24.6. The molecule has 0 aliphatic rings. The highest BCUT2D eigenvalue weighted by molar-refractivity contribution is 7.04. The summed E-state index contributed by atoms with van der Waals surface area (Å²) >= 11 is 0. The Balaban J connectivity index is 2.67. The van der Waals surface area contributed by atoms with Gasteiger partial charge in [0.2, 0.25) is 8.32 Å². The van der Waals surface area contributed by atoms with Gasteiger partial charge < -0.3 is 8.23 Å². The number of benzene rings is 2. The third kappa shape index (κ3) is 7.34. The van der Waals surface area contributed by atoms with Gasteiger partial charge in [-0.1, -0.05) is 123 Å². The summed E-state index contributed by atoms with van der Waals surface area (Å²) in [6.07, 6.45) is 2.13. The number of rotatable bonds is 12. The molecule has 0 fully saturated rings. The third-order valence-corrected chi connectivity index (χ3v) is 22.9. The normalized spacial score (nSPS) is 13.8. The van der Waals surface area contributed by atoms with E-state index in [1.807, 2.05) is 0 Å². The monoisotopic (exact) mass is 512 g/mol. The molecule has 0 saturated carbocycles. The standard InChI is InChI=1S/C27H44O2Si4/c1-9-23-30(5,6)28-33(26-19-15-13-16-20-26,27-21-17-14-18-22-27)29-31(7,8)24-25-32(10-2,11-3)12-4/h9,13-25H,10-12H2,1-8H3. The summed E-state index contributed by atoms with van der Waals surface area (Å²) in [6, 6.07) is 25.3. The average Bonchev–Trinajstić information content (AvgIpc) is 2.80. The predicted octanol–water partition coefficient (Wildman–Crippen LogP) is 6.94. The fourth-order valence-corrected chi connectivity index (χ4v) is 21.0. The molecule has 0 spiro atoms. The second-order valence-electron chi connectivity index (χ2n) is 10.0. The van der Waals surface area contributed by atoms with E-state index in [1.165, 1.54) is 28.5 Å². The second kappa shape index (κ2) is 11.9. The van der Waals surface area contributed by atoms with Gasteiger partial charge in [0.1, 0.15) is 0 Å². The van der Waals surface area contributed by atoms with Gasteiger partial charge in [0, 0.05) is 0 Å². The molecule has 0 N–H and O–H groups in total. The van der Waals surface area contributed by atoms with E-state index < -0.39 is 33.3 Å². The second-order valence-corrected chi connectivity index (χ2v) is 26.3. The molecule has 2 nitrogen and oxygen atoms in total. The lowest BCUT2D eigenvalue weighted by atomic mass is 10.4. The zero-order valence-electron chi connectivity index (χ0n) is 22.0. The molecular weight excluding hydrogens is 469 g/mol. The number of allylic oxidation sites excluding steroid dienone is 1. The smallest absolute Gasteiger partial charge is 0.386 e. The first-order valence-corrected chi connectivity index (χ1v) is 22.9. The van der Waals surface area contributed by atoms with Crippen molar-refractivity contribution in [1.29, 1.82) is 0 Å². The molecule has 0 aliphatic heterocycles. The van der Waals surface area contributed by atoms with Crippen LogP contribution in [0.3, 0.4) is 0 Å². The van der Waals surface area contributed by atoms with Crippen molar-refractivity contribution in [1.82, 2.24) is 0 Å².